The molecule has 1 atom stereocenters. The molecule has 1 N–H and O–H groups in total. The van der Waals surface area contributed by atoms with E-state index in [1.807, 2.05) is 0 Å². The number of anilines is 1. The zero-order chi connectivity index (χ0) is 31.7. The average Bonchev–Trinajstić information content (AvgIpc) is 3.76. The van der Waals surface area contributed by atoms with Crippen molar-refractivity contribution in [1.29, 1.82) is 0 Å². The number of aryl methyl sites for hydroxylation is 1. The Labute approximate surface area is 252 Å². The number of hydrogen-bond acceptors (Lipinski definition) is 6. The normalized spacial score (nSPS) is 20.8. The van der Waals surface area contributed by atoms with Crippen molar-refractivity contribution in [3.63, 3.8) is 0 Å². The Balaban J connectivity index is 1.40. The molecule has 3 aromatic rings. The summed E-state index contributed by atoms with van der Waals surface area (Å²) in [5, 5.41) is 2.50. The summed E-state index contributed by atoms with van der Waals surface area (Å²) in [4.78, 5) is 17.0. The molecule has 1 aromatic heterocycles. The third kappa shape index (κ3) is 5.35. The lowest BCUT2D eigenvalue weighted by molar-refractivity contribution is -0.138. The molecule has 2 fully saturated rings. The number of carbonyl (C=O) groups is 1. The van der Waals surface area contributed by atoms with Crippen molar-refractivity contribution < 1.29 is 39.2 Å². The number of sulfonamides is 1. The molecule has 6 rings (SSSR count). The Hall–Kier alpha value is -3.52. The second-order valence-corrected chi connectivity index (χ2v) is 15.9. The van der Waals surface area contributed by atoms with Gasteiger partial charge < -0.3 is 5.32 Å². The largest absolute Gasteiger partial charge is 0.418 e. The third-order valence-corrected chi connectivity index (χ3v) is 12.3. The van der Waals surface area contributed by atoms with Gasteiger partial charge in [0.15, 0.2) is 0 Å². The number of amides is 1. The minimum atomic E-state index is -4.67. The summed E-state index contributed by atoms with van der Waals surface area (Å²) in [7, 11) is -7.59. The van der Waals surface area contributed by atoms with E-state index in [1.54, 1.807) is 0 Å². The van der Waals surface area contributed by atoms with Gasteiger partial charge in [-0.2, -0.15) is 13.2 Å². The molecule has 2 aromatic carbocycles. The molecule has 1 saturated heterocycles. The molecule has 234 valence electrons. The van der Waals surface area contributed by atoms with Crippen LogP contribution in [0.4, 0.5) is 23.2 Å². The van der Waals surface area contributed by atoms with Crippen LogP contribution in [0.3, 0.4) is 0 Å². The van der Waals surface area contributed by atoms with Crippen LogP contribution in [0.5, 0.6) is 0 Å². The van der Waals surface area contributed by atoms with Gasteiger partial charge in [-0.05, 0) is 98.2 Å². The quantitative estimate of drug-likeness (QED) is 0.379. The standard InChI is InChI=1S/C30H29F4N3O5S2/c1-18-14-23(30(32,33)34)25(35-16-18)17-36-28(38)20-4-9-26-24(15-20)29(10-12-43(39,40)13-11-29)27(19-2-3-19)37(26)44(41,42)22-7-5-21(31)6-8-22/h4-9,14-16,19,27H,2-3,10-13,17H2,1H3,(H,36,38). The fourth-order valence-electron chi connectivity index (χ4n) is 6.57. The predicted octanol–water partition coefficient (Wildman–Crippen LogP) is 4.91. The number of carbonyl (C=O) groups excluding carboxylic acids is 1. The number of hydrogen-bond donors (Lipinski definition) is 1. The molecule has 1 unspecified atom stereocenters. The van der Waals surface area contributed by atoms with Crippen molar-refractivity contribution in [1.82, 2.24) is 10.3 Å². The topological polar surface area (TPSA) is 114 Å². The van der Waals surface area contributed by atoms with Gasteiger partial charge >= 0.3 is 6.18 Å². The SMILES string of the molecule is Cc1cnc(CNC(=O)c2ccc3c(c2)C2(CCS(=O)(=O)CC2)C(C2CC2)N3S(=O)(=O)c2ccc(F)cc2)c(C(F)(F)F)c1. The number of rotatable bonds is 6. The highest BCUT2D eigenvalue weighted by Gasteiger charge is 2.60. The number of benzene rings is 2. The second kappa shape index (κ2) is 10.5. The van der Waals surface area contributed by atoms with Gasteiger partial charge in [0.05, 0.1) is 45.9 Å². The van der Waals surface area contributed by atoms with Crippen LogP contribution in [0.15, 0.2) is 59.6 Å². The molecule has 3 heterocycles. The van der Waals surface area contributed by atoms with Crippen LogP contribution in [0.1, 0.15) is 58.4 Å². The van der Waals surface area contributed by atoms with Crippen LogP contribution in [0.2, 0.25) is 0 Å². The Kier molecular flexibility index (Phi) is 7.31. The molecule has 14 heteroatoms. The average molecular weight is 652 g/mol. The number of sulfone groups is 1. The molecular weight excluding hydrogens is 622 g/mol. The molecule has 0 bridgehead atoms. The predicted molar refractivity (Wildman–Crippen MR) is 154 cm³/mol. The molecule has 1 spiro atoms. The molecular formula is C30H29F4N3O5S2. The smallest absolute Gasteiger partial charge is 0.346 e. The van der Waals surface area contributed by atoms with E-state index >= 15 is 0 Å². The van der Waals surface area contributed by atoms with Crippen LogP contribution < -0.4 is 9.62 Å². The van der Waals surface area contributed by atoms with Gasteiger partial charge in [-0.3, -0.25) is 14.1 Å². The number of halogens is 4. The molecule has 3 aliphatic rings. The van der Waals surface area contributed by atoms with Gasteiger partial charge in [-0.15, -0.1) is 0 Å². The number of alkyl halides is 3. The van der Waals surface area contributed by atoms with Crippen molar-refractivity contribution in [3.05, 3.63) is 88.5 Å². The van der Waals surface area contributed by atoms with Crippen molar-refractivity contribution >= 4 is 31.5 Å². The minimum absolute atomic E-state index is 0.0518. The molecule has 44 heavy (non-hydrogen) atoms. The minimum Gasteiger partial charge on any atom is -0.346 e. The fraction of sp³-hybridized carbons (Fsp3) is 0.400. The van der Waals surface area contributed by atoms with Crippen LogP contribution in [-0.4, -0.2) is 45.3 Å². The van der Waals surface area contributed by atoms with E-state index in [1.165, 1.54) is 47.8 Å². The summed E-state index contributed by atoms with van der Waals surface area (Å²) in [6, 6.07) is 9.23. The summed E-state index contributed by atoms with van der Waals surface area (Å²) in [5.74, 6) is -1.66. The molecule has 0 radical (unpaired) electrons. The van der Waals surface area contributed by atoms with Crippen molar-refractivity contribution in [3.8, 4) is 0 Å². The van der Waals surface area contributed by atoms with Crippen molar-refractivity contribution in [2.75, 3.05) is 15.8 Å². The van der Waals surface area contributed by atoms with Crippen molar-refractivity contribution in [2.24, 2.45) is 5.92 Å². The Morgan fingerprint density at radius 1 is 1.07 bits per heavy atom. The summed E-state index contributed by atoms with van der Waals surface area (Å²) in [5.41, 5.74) is -0.995. The number of fused-ring (bicyclic) bond motifs is 2. The zero-order valence-electron chi connectivity index (χ0n) is 23.6. The lowest BCUT2D eigenvalue weighted by Gasteiger charge is -2.41. The fourth-order valence-corrected chi connectivity index (χ4v) is 9.93. The first-order valence-electron chi connectivity index (χ1n) is 14.1. The Morgan fingerprint density at radius 3 is 2.34 bits per heavy atom. The maximum absolute atomic E-state index is 14.1. The van der Waals surface area contributed by atoms with Gasteiger partial charge in [0.1, 0.15) is 15.7 Å². The van der Waals surface area contributed by atoms with E-state index in [4.69, 9.17) is 0 Å². The first-order valence-corrected chi connectivity index (χ1v) is 17.3. The summed E-state index contributed by atoms with van der Waals surface area (Å²) < 4.78 is 109. The van der Waals surface area contributed by atoms with Gasteiger partial charge in [0.2, 0.25) is 0 Å². The van der Waals surface area contributed by atoms with E-state index in [0.717, 1.165) is 31.0 Å². The molecule has 1 saturated carbocycles. The van der Waals surface area contributed by atoms with E-state index < -0.39 is 61.3 Å². The van der Waals surface area contributed by atoms with Gasteiger partial charge in [-0.25, -0.2) is 21.2 Å². The Bertz CT molecular complexity index is 1840. The maximum atomic E-state index is 14.1. The molecule has 2 aliphatic heterocycles. The highest BCUT2D eigenvalue weighted by Crippen LogP contribution is 2.59. The molecule has 8 nitrogen and oxygen atoms in total. The molecule has 1 aliphatic carbocycles. The van der Waals surface area contributed by atoms with Gasteiger partial charge in [0, 0.05) is 17.2 Å². The van der Waals surface area contributed by atoms with Crippen LogP contribution in [0.25, 0.3) is 0 Å². The van der Waals surface area contributed by atoms with Gasteiger partial charge in [0.25, 0.3) is 15.9 Å². The summed E-state index contributed by atoms with van der Waals surface area (Å²) in [6.45, 7) is 0.986. The first kappa shape index (κ1) is 30.5. The lowest BCUT2D eigenvalue weighted by Crippen LogP contribution is -2.52. The van der Waals surface area contributed by atoms with Crippen molar-refractivity contribution in [2.45, 2.75) is 61.7 Å². The van der Waals surface area contributed by atoms with Crippen LogP contribution in [-0.2, 0) is 38.0 Å². The van der Waals surface area contributed by atoms with Crippen LogP contribution in [0, 0.1) is 18.7 Å². The highest BCUT2D eigenvalue weighted by molar-refractivity contribution is 7.93. The number of pyridine rings is 1. The van der Waals surface area contributed by atoms with E-state index in [0.29, 0.717) is 16.8 Å². The van der Waals surface area contributed by atoms with Crippen LogP contribution >= 0.6 is 0 Å². The van der Waals surface area contributed by atoms with E-state index in [9.17, 15) is 39.2 Å². The first-order chi connectivity index (χ1) is 20.6. The number of aromatic nitrogens is 1. The monoisotopic (exact) mass is 651 g/mol. The number of nitrogens with one attached hydrogen (secondary N) is 1. The summed E-state index contributed by atoms with van der Waals surface area (Å²) in [6.07, 6.45) is -1.63. The Morgan fingerprint density at radius 2 is 1.73 bits per heavy atom. The third-order valence-electron chi connectivity index (χ3n) is 8.84. The summed E-state index contributed by atoms with van der Waals surface area (Å²) >= 11 is 0. The van der Waals surface area contributed by atoms with E-state index in [-0.39, 0.29) is 46.4 Å². The molecule has 1 amide bonds. The zero-order valence-corrected chi connectivity index (χ0v) is 25.2. The number of nitrogens with zero attached hydrogens (tertiary/aromatic N) is 2. The lowest BCUT2D eigenvalue weighted by atomic mass is 9.70. The maximum Gasteiger partial charge on any atom is 0.418 e. The second-order valence-electron chi connectivity index (χ2n) is 11.8. The van der Waals surface area contributed by atoms with Gasteiger partial charge in [-0.1, -0.05) is 0 Å². The highest BCUT2D eigenvalue weighted by atomic mass is 32.2. The van der Waals surface area contributed by atoms with E-state index in [2.05, 4.69) is 10.3 Å².